The Labute approximate surface area is 97.2 Å². The van der Waals surface area contributed by atoms with E-state index in [9.17, 15) is 9.59 Å². The van der Waals surface area contributed by atoms with E-state index >= 15 is 0 Å². The van der Waals surface area contributed by atoms with Crippen LogP contribution in [0.3, 0.4) is 0 Å². The van der Waals surface area contributed by atoms with Gasteiger partial charge in [-0.15, -0.1) is 0 Å². The number of nitrogens with zero attached hydrogens (tertiary/aromatic N) is 1. The van der Waals surface area contributed by atoms with Gasteiger partial charge in [0.25, 0.3) is 0 Å². The number of hydrogen-bond donors (Lipinski definition) is 1. The van der Waals surface area contributed by atoms with Crippen LogP contribution in [0.1, 0.15) is 39.5 Å². The number of hydrogen-bond acceptors (Lipinski definition) is 2. The van der Waals surface area contributed by atoms with Gasteiger partial charge in [-0.2, -0.15) is 0 Å². The molecule has 0 spiro atoms. The maximum atomic E-state index is 12.0. The highest BCUT2D eigenvalue weighted by Gasteiger charge is 2.28. The molecule has 1 saturated heterocycles. The van der Waals surface area contributed by atoms with E-state index < -0.39 is 0 Å². The molecule has 1 fully saturated rings. The van der Waals surface area contributed by atoms with Gasteiger partial charge in [0, 0.05) is 19.0 Å². The molecule has 0 aliphatic carbocycles. The summed E-state index contributed by atoms with van der Waals surface area (Å²) >= 11 is 0. The first-order chi connectivity index (χ1) is 7.56. The molecule has 0 aromatic carbocycles. The Morgan fingerprint density at radius 3 is 2.75 bits per heavy atom. The van der Waals surface area contributed by atoms with Gasteiger partial charge in [0.1, 0.15) is 0 Å². The van der Waals surface area contributed by atoms with Crippen LogP contribution in [0, 0.1) is 11.8 Å². The van der Waals surface area contributed by atoms with Crippen LogP contribution in [0.4, 0.5) is 0 Å². The largest absolute Gasteiger partial charge is 0.369 e. The minimum absolute atomic E-state index is 0.0663. The van der Waals surface area contributed by atoms with E-state index in [0.717, 1.165) is 32.2 Å². The molecule has 1 aliphatic heterocycles. The number of rotatable bonds is 4. The summed E-state index contributed by atoms with van der Waals surface area (Å²) in [5, 5.41) is 0. The molecule has 4 heteroatoms. The topological polar surface area (TPSA) is 63.4 Å². The molecule has 1 heterocycles. The van der Waals surface area contributed by atoms with Crippen molar-refractivity contribution in [3.63, 3.8) is 0 Å². The van der Waals surface area contributed by atoms with E-state index in [2.05, 4.69) is 6.92 Å². The minimum atomic E-state index is -0.277. The molecular weight excluding hydrogens is 204 g/mol. The number of primary amides is 1. The molecule has 0 bridgehead atoms. The highest BCUT2D eigenvalue weighted by Crippen LogP contribution is 2.19. The molecule has 1 rings (SSSR count). The second-order valence-corrected chi connectivity index (χ2v) is 4.72. The maximum Gasteiger partial charge on any atom is 0.225 e. The molecule has 2 N–H and O–H groups in total. The van der Waals surface area contributed by atoms with Crippen molar-refractivity contribution in [2.24, 2.45) is 17.6 Å². The highest BCUT2D eigenvalue weighted by atomic mass is 16.2. The van der Waals surface area contributed by atoms with Gasteiger partial charge in [0.05, 0.1) is 5.92 Å². The van der Waals surface area contributed by atoms with Crippen LogP contribution in [-0.2, 0) is 9.59 Å². The number of carbonyl (C=O) groups excluding carboxylic acids is 2. The van der Waals surface area contributed by atoms with Gasteiger partial charge in [-0.3, -0.25) is 9.59 Å². The Hall–Kier alpha value is -1.06. The molecule has 0 aromatic heterocycles. The van der Waals surface area contributed by atoms with Gasteiger partial charge in [-0.25, -0.2) is 0 Å². The van der Waals surface area contributed by atoms with Gasteiger partial charge < -0.3 is 10.6 Å². The summed E-state index contributed by atoms with van der Waals surface area (Å²) in [5.41, 5.74) is 5.29. The lowest BCUT2D eigenvalue weighted by atomic mass is 9.95. The van der Waals surface area contributed by atoms with Crippen molar-refractivity contribution in [3.8, 4) is 0 Å². The lowest BCUT2D eigenvalue weighted by molar-refractivity contribution is -0.138. The summed E-state index contributed by atoms with van der Waals surface area (Å²) < 4.78 is 0. The smallest absolute Gasteiger partial charge is 0.225 e. The number of piperidine rings is 1. The van der Waals surface area contributed by atoms with Gasteiger partial charge in [-0.1, -0.05) is 20.3 Å². The van der Waals surface area contributed by atoms with E-state index in [4.69, 9.17) is 5.73 Å². The second-order valence-electron chi connectivity index (χ2n) is 4.72. The molecule has 2 unspecified atom stereocenters. The summed E-state index contributed by atoms with van der Waals surface area (Å²) in [4.78, 5) is 24.9. The third-order valence-electron chi connectivity index (χ3n) is 3.28. The van der Waals surface area contributed by atoms with E-state index in [-0.39, 0.29) is 23.7 Å². The SMILES string of the molecule is CCCC(C)C(=O)N1CCCC(C(N)=O)C1. The molecule has 1 aliphatic rings. The van der Waals surface area contributed by atoms with Crippen molar-refractivity contribution >= 4 is 11.8 Å². The number of nitrogens with two attached hydrogens (primary N) is 1. The first kappa shape index (κ1) is 13.0. The fourth-order valence-corrected chi connectivity index (χ4v) is 2.28. The molecule has 4 nitrogen and oxygen atoms in total. The van der Waals surface area contributed by atoms with Gasteiger partial charge in [-0.05, 0) is 19.3 Å². The fourth-order valence-electron chi connectivity index (χ4n) is 2.28. The monoisotopic (exact) mass is 226 g/mol. The van der Waals surface area contributed by atoms with Crippen molar-refractivity contribution < 1.29 is 9.59 Å². The average Bonchev–Trinajstić information content (AvgIpc) is 2.28. The van der Waals surface area contributed by atoms with Gasteiger partial charge in [0.2, 0.25) is 11.8 Å². The lowest BCUT2D eigenvalue weighted by Crippen LogP contribution is -2.45. The summed E-state index contributed by atoms with van der Waals surface area (Å²) in [6.07, 6.45) is 3.63. The van der Waals surface area contributed by atoms with Crippen LogP contribution in [-0.4, -0.2) is 29.8 Å². The second kappa shape index (κ2) is 5.87. The standard InChI is InChI=1S/C12H22N2O2/c1-3-5-9(2)12(16)14-7-4-6-10(8-14)11(13)15/h9-10H,3-8H2,1-2H3,(H2,13,15). The Balaban J connectivity index is 2.53. The van der Waals surface area contributed by atoms with Gasteiger partial charge >= 0.3 is 0 Å². The molecule has 92 valence electrons. The van der Waals surface area contributed by atoms with E-state index in [0.29, 0.717) is 6.54 Å². The van der Waals surface area contributed by atoms with E-state index in [1.807, 2.05) is 6.92 Å². The van der Waals surface area contributed by atoms with E-state index in [1.54, 1.807) is 4.90 Å². The van der Waals surface area contributed by atoms with E-state index in [1.165, 1.54) is 0 Å². The first-order valence-electron chi connectivity index (χ1n) is 6.14. The third kappa shape index (κ3) is 3.22. The normalized spacial score (nSPS) is 22.9. The summed E-state index contributed by atoms with van der Waals surface area (Å²) in [6, 6.07) is 0. The molecule has 0 saturated carbocycles. The molecule has 0 aromatic rings. The zero-order valence-electron chi connectivity index (χ0n) is 10.2. The van der Waals surface area contributed by atoms with Crippen molar-refractivity contribution in [2.45, 2.75) is 39.5 Å². The van der Waals surface area contributed by atoms with Crippen LogP contribution < -0.4 is 5.73 Å². The average molecular weight is 226 g/mol. The van der Waals surface area contributed by atoms with Crippen molar-refractivity contribution in [1.82, 2.24) is 4.90 Å². The van der Waals surface area contributed by atoms with Crippen molar-refractivity contribution in [1.29, 1.82) is 0 Å². The molecule has 16 heavy (non-hydrogen) atoms. The first-order valence-corrected chi connectivity index (χ1v) is 6.14. The lowest BCUT2D eigenvalue weighted by Gasteiger charge is -2.33. The maximum absolute atomic E-state index is 12.0. The Kier molecular flexibility index (Phi) is 4.77. The quantitative estimate of drug-likeness (QED) is 0.781. The van der Waals surface area contributed by atoms with Crippen LogP contribution >= 0.6 is 0 Å². The Morgan fingerprint density at radius 1 is 1.50 bits per heavy atom. The Bertz CT molecular complexity index is 266. The van der Waals surface area contributed by atoms with Crippen molar-refractivity contribution in [3.05, 3.63) is 0 Å². The van der Waals surface area contributed by atoms with Crippen LogP contribution in [0.5, 0.6) is 0 Å². The van der Waals surface area contributed by atoms with Crippen LogP contribution in [0.25, 0.3) is 0 Å². The minimum Gasteiger partial charge on any atom is -0.369 e. The fraction of sp³-hybridized carbons (Fsp3) is 0.833. The number of carbonyl (C=O) groups is 2. The Morgan fingerprint density at radius 2 is 2.19 bits per heavy atom. The molecular formula is C12H22N2O2. The number of likely N-dealkylation sites (tertiary alicyclic amines) is 1. The zero-order valence-corrected chi connectivity index (χ0v) is 10.2. The molecule has 2 amide bonds. The van der Waals surface area contributed by atoms with Crippen molar-refractivity contribution in [2.75, 3.05) is 13.1 Å². The third-order valence-corrected chi connectivity index (χ3v) is 3.28. The predicted molar refractivity (Wildman–Crippen MR) is 62.6 cm³/mol. The zero-order chi connectivity index (χ0) is 12.1. The summed E-state index contributed by atoms with van der Waals surface area (Å²) in [5.74, 6) is -0.184. The number of amides is 2. The van der Waals surface area contributed by atoms with Gasteiger partial charge in [0.15, 0.2) is 0 Å². The van der Waals surface area contributed by atoms with Crippen LogP contribution in [0.2, 0.25) is 0 Å². The highest BCUT2D eigenvalue weighted by molar-refractivity contribution is 5.81. The van der Waals surface area contributed by atoms with Crippen LogP contribution in [0.15, 0.2) is 0 Å². The summed E-state index contributed by atoms with van der Waals surface area (Å²) in [7, 11) is 0. The predicted octanol–water partition coefficient (Wildman–Crippen LogP) is 1.15. The molecule has 2 atom stereocenters. The molecule has 0 radical (unpaired) electrons. The summed E-state index contributed by atoms with van der Waals surface area (Å²) in [6.45, 7) is 5.32.